The molecule has 1 heterocycles. The van der Waals surface area contributed by atoms with Gasteiger partial charge in [0.05, 0.1) is 11.3 Å². The van der Waals surface area contributed by atoms with Gasteiger partial charge in [0.2, 0.25) is 0 Å². The van der Waals surface area contributed by atoms with Crippen LogP contribution in [0.15, 0.2) is 65.7 Å². The lowest BCUT2D eigenvalue weighted by Gasteiger charge is -2.13. The number of nitriles is 1. The highest BCUT2D eigenvalue weighted by molar-refractivity contribution is 7.99. The third-order valence-corrected chi connectivity index (χ3v) is 5.83. The highest BCUT2D eigenvalue weighted by Crippen LogP contribution is 2.34. The van der Waals surface area contributed by atoms with E-state index in [4.69, 9.17) is 4.98 Å². The smallest absolute Gasteiger partial charge is 0.115 e. The Morgan fingerprint density at radius 1 is 0.929 bits per heavy atom. The number of rotatable bonds is 8. The molecule has 3 rings (SSSR count). The van der Waals surface area contributed by atoms with Crippen LogP contribution in [0.3, 0.4) is 0 Å². The second-order valence-corrected chi connectivity index (χ2v) is 8.07. The van der Waals surface area contributed by atoms with E-state index in [2.05, 4.69) is 62.4 Å². The molecule has 0 aliphatic carbocycles. The van der Waals surface area contributed by atoms with Gasteiger partial charge in [-0.05, 0) is 30.7 Å². The maximum Gasteiger partial charge on any atom is 0.115 e. The van der Waals surface area contributed by atoms with Crippen molar-refractivity contribution >= 4 is 11.8 Å². The van der Waals surface area contributed by atoms with E-state index in [1.807, 2.05) is 18.2 Å². The van der Waals surface area contributed by atoms with Crippen LogP contribution in [-0.4, -0.2) is 10.7 Å². The van der Waals surface area contributed by atoms with Crippen molar-refractivity contribution in [2.45, 2.75) is 44.6 Å². The number of nitrogens with zero attached hydrogens (tertiary/aromatic N) is 2. The van der Waals surface area contributed by atoms with Crippen molar-refractivity contribution in [3.05, 3.63) is 71.8 Å². The normalized spacial score (nSPS) is 10.6. The van der Waals surface area contributed by atoms with Crippen molar-refractivity contribution < 1.29 is 0 Å². The zero-order valence-electron chi connectivity index (χ0n) is 16.6. The lowest BCUT2D eigenvalue weighted by molar-refractivity contribution is 0.706. The Bertz CT molecular complexity index is 941. The summed E-state index contributed by atoms with van der Waals surface area (Å²) in [6, 6.07) is 23.0. The number of unbranched alkanes of at least 4 members (excludes halogenated alkanes) is 3. The minimum absolute atomic E-state index is 0.683. The first-order valence-electron chi connectivity index (χ1n) is 9.93. The molecule has 3 aromatic rings. The number of aryl methyl sites for hydroxylation is 1. The van der Waals surface area contributed by atoms with Crippen LogP contribution in [0.5, 0.6) is 0 Å². The van der Waals surface area contributed by atoms with E-state index in [0.29, 0.717) is 5.56 Å². The molecule has 0 amide bonds. The summed E-state index contributed by atoms with van der Waals surface area (Å²) in [5.41, 5.74) is 5.94. The fourth-order valence-corrected chi connectivity index (χ4v) is 4.15. The van der Waals surface area contributed by atoms with Crippen LogP contribution in [0, 0.1) is 18.3 Å². The molecule has 0 N–H and O–H groups in total. The first-order valence-corrected chi connectivity index (χ1v) is 10.9. The molecular weight excluding hydrogens is 360 g/mol. The van der Waals surface area contributed by atoms with Gasteiger partial charge in [-0.2, -0.15) is 5.26 Å². The predicted octanol–water partition coefficient (Wildman–Crippen LogP) is 7.27. The molecule has 0 aliphatic rings. The van der Waals surface area contributed by atoms with Crippen molar-refractivity contribution in [2.24, 2.45) is 0 Å². The molecule has 2 aromatic carbocycles. The Morgan fingerprint density at radius 2 is 1.68 bits per heavy atom. The highest BCUT2D eigenvalue weighted by Gasteiger charge is 2.15. The van der Waals surface area contributed by atoms with Crippen molar-refractivity contribution in [3.63, 3.8) is 0 Å². The molecule has 0 fully saturated rings. The van der Waals surface area contributed by atoms with Crippen molar-refractivity contribution in [1.29, 1.82) is 5.26 Å². The van der Waals surface area contributed by atoms with Gasteiger partial charge in [-0.1, -0.05) is 86.3 Å². The minimum Gasteiger partial charge on any atom is -0.240 e. The second-order valence-electron chi connectivity index (χ2n) is 6.99. The summed E-state index contributed by atoms with van der Waals surface area (Å²) in [6.07, 6.45) is 4.88. The quantitative estimate of drug-likeness (QED) is 0.302. The van der Waals surface area contributed by atoms with E-state index in [1.165, 1.54) is 24.8 Å². The molecule has 0 spiro atoms. The van der Waals surface area contributed by atoms with Crippen LogP contribution in [0.25, 0.3) is 22.4 Å². The van der Waals surface area contributed by atoms with E-state index < -0.39 is 0 Å². The third-order valence-electron chi connectivity index (χ3n) is 4.77. The molecule has 0 aliphatic heterocycles. The molecule has 28 heavy (non-hydrogen) atoms. The van der Waals surface area contributed by atoms with Gasteiger partial charge in [0.25, 0.3) is 0 Å². The predicted molar refractivity (Wildman–Crippen MR) is 119 cm³/mol. The van der Waals surface area contributed by atoms with Crippen LogP contribution in [0.4, 0.5) is 0 Å². The molecule has 0 radical (unpaired) electrons. The minimum atomic E-state index is 0.683. The van der Waals surface area contributed by atoms with Gasteiger partial charge in [-0.15, -0.1) is 11.8 Å². The van der Waals surface area contributed by atoms with Gasteiger partial charge in [-0.3, -0.25) is 0 Å². The summed E-state index contributed by atoms with van der Waals surface area (Å²) >= 11 is 1.71. The van der Waals surface area contributed by atoms with Crippen LogP contribution in [0.2, 0.25) is 0 Å². The highest BCUT2D eigenvalue weighted by atomic mass is 32.2. The SMILES string of the molecule is CCCCCCSc1nc(-c2ccc(C)cc2)cc(-c2ccccc2)c1C#N. The number of pyridine rings is 1. The summed E-state index contributed by atoms with van der Waals surface area (Å²) < 4.78 is 0. The number of thioether (sulfide) groups is 1. The molecule has 0 atom stereocenters. The average molecular weight is 387 g/mol. The molecular formula is C25H26N2S. The third kappa shape index (κ3) is 5.03. The number of hydrogen-bond acceptors (Lipinski definition) is 3. The summed E-state index contributed by atoms with van der Waals surface area (Å²) in [4.78, 5) is 4.89. The zero-order valence-corrected chi connectivity index (χ0v) is 17.4. The molecule has 0 saturated heterocycles. The van der Waals surface area contributed by atoms with Gasteiger partial charge in [0.1, 0.15) is 11.1 Å². The monoisotopic (exact) mass is 386 g/mol. The topological polar surface area (TPSA) is 36.7 Å². The summed E-state index contributed by atoms with van der Waals surface area (Å²) in [5, 5.41) is 10.7. The van der Waals surface area contributed by atoms with Crippen LogP contribution >= 0.6 is 11.8 Å². The van der Waals surface area contributed by atoms with Gasteiger partial charge in [-0.25, -0.2) is 4.98 Å². The Balaban J connectivity index is 2.02. The van der Waals surface area contributed by atoms with Gasteiger partial charge in [0.15, 0.2) is 0 Å². The fraction of sp³-hybridized carbons (Fsp3) is 0.280. The fourth-order valence-electron chi connectivity index (χ4n) is 3.15. The largest absolute Gasteiger partial charge is 0.240 e. The van der Waals surface area contributed by atoms with E-state index in [0.717, 1.165) is 39.6 Å². The standard InChI is InChI=1S/C25H26N2S/c1-3-4-5-9-16-28-25-23(18-26)22(20-10-7-6-8-11-20)17-24(27-25)21-14-12-19(2)13-15-21/h6-8,10-15,17H,3-5,9,16H2,1-2H3. The van der Waals surface area contributed by atoms with E-state index in [-0.39, 0.29) is 0 Å². The second kappa shape index (κ2) is 10.1. The van der Waals surface area contributed by atoms with E-state index in [9.17, 15) is 5.26 Å². The maximum absolute atomic E-state index is 9.90. The summed E-state index contributed by atoms with van der Waals surface area (Å²) in [6.45, 7) is 4.31. The summed E-state index contributed by atoms with van der Waals surface area (Å²) in [5.74, 6) is 0.993. The van der Waals surface area contributed by atoms with Crippen molar-refractivity contribution in [2.75, 3.05) is 5.75 Å². The first kappa shape index (κ1) is 20.2. The zero-order chi connectivity index (χ0) is 19.8. The van der Waals surface area contributed by atoms with Crippen molar-refractivity contribution in [3.8, 4) is 28.5 Å². The van der Waals surface area contributed by atoms with Crippen molar-refractivity contribution in [1.82, 2.24) is 4.98 Å². The Labute approximate surface area is 172 Å². The van der Waals surface area contributed by atoms with Gasteiger partial charge >= 0.3 is 0 Å². The van der Waals surface area contributed by atoms with E-state index >= 15 is 0 Å². The van der Waals surface area contributed by atoms with Gasteiger partial charge < -0.3 is 0 Å². The van der Waals surface area contributed by atoms with Gasteiger partial charge in [0, 0.05) is 11.1 Å². The molecule has 142 valence electrons. The van der Waals surface area contributed by atoms with E-state index in [1.54, 1.807) is 11.8 Å². The lowest BCUT2D eigenvalue weighted by Crippen LogP contribution is -1.96. The average Bonchev–Trinajstić information content (AvgIpc) is 2.74. The molecule has 1 aromatic heterocycles. The number of aromatic nitrogens is 1. The maximum atomic E-state index is 9.90. The first-order chi connectivity index (χ1) is 13.7. The molecule has 2 nitrogen and oxygen atoms in total. The Hall–Kier alpha value is -2.57. The molecule has 3 heteroatoms. The lowest BCUT2D eigenvalue weighted by atomic mass is 9.99. The van der Waals surface area contributed by atoms with Crippen LogP contribution < -0.4 is 0 Å². The Kier molecular flexibility index (Phi) is 7.28. The molecule has 0 bridgehead atoms. The Morgan fingerprint density at radius 3 is 2.36 bits per heavy atom. The molecule has 0 saturated carbocycles. The van der Waals surface area contributed by atoms with Crippen LogP contribution in [-0.2, 0) is 0 Å². The number of hydrogen-bond donors (Lipinski definition) is 0. The molecule has 0 unspecified atom stereocenters. The van der Waals surface area contributed by atoms with Crippen LogP contribution in [0.1, 0.15) is 43.7 Å². The number of benzene rings is 2. The summed E-state index contributed by atoms with van der Waals surface area (Å²) in [7, 11) is 0.